The van der Waals surface area contributed by atoms with Crippen molar-refractivity contribution in [1.82, 2.24) is 9.80 Å². The second kappa shape index (κ2) is 10.1. The first-order valence-electron chi connectivity index (χ1n) is 11.3. The van der Waals surface area contributed by atoms with E-state index < -0.39 is 0 Å². The molecule has 0 aromatic heterocycles. The fourth-order valence-electron chi connectivity index (χ4n) is 4.24. The molecule has 3 aromatic rings. The Morgan fingerprint density at radius 3 is 1.64 bits per heavy atom. The number of halogens is 2. The number of amides is 2. The van der Waals surface area contributed by atoms with E-state index in [9.17, 15) is 13.6 Å². The summed E-state index contributed by atoms with van der Waals surface area (Å²) in [4.78, 5) is 16.8. The number of nitrogens with zero attached hydrogens (tertiary/aromatic N) is 2. The summed E-state index contributed by atoms with van der Waals surface area (Å²) in [6, 6.07) is 20.5. The molecule has 1 aliphatic rings. The highest BCUT2D eigenvalue weighted by atomic mass is 19.1. The van der Waals surface area contributed by atoms with E-state index in [0.717, 1.165) is 16.8 Å². The van der Waals surface area contributed by atoms with Gasteiger partial charge in [-0.05, 0) is 59.0 Å². The fraction of sp³-hybridized carbons (Fsp3) is 0.296. The maximum atomic E-state index is 13.5. The standard InChI is InChI=1S/C27H29F2N3O/c1-19(2)20-7-13-25(14-8-20)30-27(33)32-17-15-31(16-18-32)26(21-3-9-23(28)10-4-21)22-5-11-24(29)12-6-22/h3-14,19,26H,15-18H2,1-2H3,(H,30,33). The molecule has 172 valence electrons. The van der Waals surface area contributed by atoms with E-state index in [4.69, 9.17) is 0 Å². The van der Waals surface area contributed by atoms with Crippen LogP contribution in [0.15, 0.2) is 72.8 Å². The van der Waals surface area contributed by atoms with E-state index in [0.29, 0.717) is 32.1 Å². The molecule has 4 nitrogen and oxygen atoms in total. The second-order valence-electron chi connectivity index (χ2n) is 8.74. The molecule has 1 saturated heterocycles. The molecule has 0 atom stereocenters. The summed E-state index contributed by atoms with van der Waals surface area (Å²) in [6.07, 6.45) is 0. The largest absolute Gasteiger partial charge is 0.322 e. The van der Waals surface area contributed by atoms with Crippen LogP contribution < -0.4 is 5.32 Å². The topological polar surface area (TPSA) is 35.6 Å². The third-order valence-corrected chi connectivity index (χ3v) is 6.17. The molecule has 3 aromatic carbocycles. The van der Waals surface area contributed by atoms with Crippen LogP contribution in [0.1, 0.15) is 42.5 Å². The molecule has 33 heavy (non-hydrogen) atoms. The second-order valence-corrected chi connectivity index (χ2v) is 8.74. The van der Waals surface area contributed by atoms with E-state index in [1.165, 1.54) is 29.8 Å². The molecule has 1 fully saturated rings. The summed E-state index contributed by atoms with van der Waals surface area (Å²) < 4.78 is 27.0. The lowest BCUT2D eigenvalue weighted by molar-refractivity contribution is 0.126. The minimum absolute atomic E-state index is 0.118. The Hall–Kier alpha value is -3.25. The van der Waals surface area contributed by atoms with Gasteiger partial charge in [0.25, 0.3) is 0 Å². The predicted molar refractivity (Wildman–Crippen MR) is 127 cm³/mol. The van der Waals surface area contributed by atoms with E-state index >= 15 is 0 Å². The highest BCUT2D eigenvalue weighted by Gasteiger charge is 2.28. The third kappa shape index (κ3) is 5.57. The minimum Gasteiger partial charge on any atom is -0.322 e. The highest BCUT2D eigenvalue weighted by molar-refractivity contribution is 5.89. The van der Waals surface area contributed by atoms with Crippen LogP contribution in [0.5, 0.6) is 0 Å². The quantitative estimate of drug-likeness (QED) is 0.516. The summed E-state index contributed by atoms with van der Waals surface area (Å²) in [6.45, 7) is 6.71. The number of carbonyl (C=O) groups is 1. The lowest BCUT2D eigenvalue weighted by atomic mass is 9.96. The number of urea groups is 1. The van der Waals surface area contributed by atoms with Gasteiger partial charge in [0.15, 0.2) is 0 Å². The normalized spacial score (nSPS) is 14.7. The van der Waals surface area contributed by atoms with Crippen LogP contribution >= 0.6 is 0 Å². The van der Waals surface area contributed by atoms with Crippen molar-refractivity contribution in [3.05, 3.63) is 101 Å². The minimum atomic E-state index is -0.292. The van der Waals surface area contributed by atoms with Crippen LogP contribution in [0.3, 0.4) is 0 Å². The SMILES string of the molecule is CC(C)c1ccc(NC(=O)N2CCN(C(c3ccc(F)cc3)c3ccc(F)cc3)CC2)cc1. The Kier molecular flexibility index (Phi) is 7.04. The van der Waals surface area contributed by atoms with Crippen molar-refractivity contribution in [3.8, 4) is 0 Å². The Bertz CT molecular complexity index is 1010. The molecule has 0 unspecified atom stereocenters. The smallest absolute Gasteiger partial charge is 0.321 e. The molecule has 4 rings (SSSR count). The Balaban J connectivity index is 1.44. The Labute approximate surface area is 193 Å². The molecule has 1 heterocycles. The van der Waals surface area contributed by atoms with Crippen LogP contribution in [0.4, 0.5) is 19.3 Å². The summed E-state index contributed by atoms with van der Waals surface area (Å²) in [5, 5.41) is 2.98. The van der Waals surface area contributed by atoms with Gasteiger partial charge in [0.1, 0.15) is 11.6 Å². The van der Waals surface area contributed by atoms with Gasteiger partial charge in [0.05, 0.1) is 6.04 Å². The molecule has 1 N–H and O–H groups in total. The summed E-state index contributed by atoms with van der Waals surface area (Å²) in [5.41, 5.74) is 3.88. The number of hydrogen-bond acceptors (Lipinski definition) is 2. The average molecular weight is 450 g/mol. The number of anilines is 1. The molecule has 0 saturated carbocycles. The first-order valence-corrected chi connectivity index (χ1v) is 11.3. The fourth-order valence-corrected chi connectivity index (χ4v) is 4.24. The molecule has 2 amide bonds. The summed E-state index contributed by atoms with van der Waals surface area (Å²) in [5.74, 6) is -0.142. The van der Waals surface area contributed by atoms with Gasteiger partial charge in [-0.1, -0.05) is 50.2 Å². The predicted octanol–water partition coefficient (Wildman–Crippen LogP) is 6.03. The van der Waals surface area contributed by atoms with Crippen molar-refractivity contribution in [2.45, 2.75) is 25.8 Å². The summed E-state index contributed by atoms with van der Waals surface area (Å²) >= 11 is 0. The molecular formula is C27H29F2N3O. The average Bonchev–Trinajstić information content (AvgIpc) is 2.82. The Morgan fingerprint density at radius 2 is 1.18 bits per heavy atom. The maximum absolute atomic E-state index is 13.5. The monoisotopic (exact) mass is 449 g/mol. The van der Waals surface area contributed by atoms with E-state index in [-0.39, 0.29) is 23.7 Å². The molecule has 0 aliphatic carbocycles. The van der Waals surface area contributed by atoms with Gasteiger partial charge < -0.3 is 10.2 Å². The molecule has 0 radical (unpaired) electrons. The van der Waals surface area contributed by atoms with Gasteiger partial charge >= 0.3 is 6.03 Å². The van der Waals surface area contributed by atoms with Crippen LogP contribution in [0.2, 0.25) is 0 Å². The lowest BCUT2D eigenvalue weighted by Gasteiger charge is -2.39. The molecule has 1 aliphatic heterocycles. The number of nitrogens with one attached hydrogen (secondary N) is 1. The van der Waals surface area contributed by atoms with Gasteiger partial charge in [-0.2, -0.15) is 0 Å². The van der Waals surface area contributed by atoms with Gasteiger partial charge in [-0.3, -0.25) is 4.90 Å². The van der Waals surface area contributed by atoms with Crippen LogP contribution in [-0.4, -0.2) is 42.0 Å². The van der Waals surface area contributed by atoms with Crippen LogP contribution in [-0.2, 0) is 0 Å². The number of hydrogen-bond donors (Lipinski definition) is 1. The molecule has 6 heteroatoms. The van der Waals surface area contributed by atoms with E-state index in [2.05, 4.69) is 24.1 Å². The molecular weight excluding hydrogens is 420 g/mol. The van der Waals surface area contributed by atoms with Crippen molar-refractivity contribution in [1.29, 1.82) is 0 Å². The lowest BCUT2D eigenvalue weighted by Crippen LogP contribution is -2.51. The number of rotatable bonds is 5. The number of piperazine rings is 1. The van der Waals surface area contributed by atoms with Crippen LogP contribution in [0.25, 0.3) is 0 Å². The van der Waals surface area contributed by atoms with Crippen LogP contribution in [0, 0.1) is 11.6 Å². The van der Waals surface area contributed by atoms with Gasteiger partial charge in [-0.25, -0.2) is 13.6 Å². The first kappa shape index (κ1) is 22.9. The Morgan fingerprint density at radius 1 is 0.727 bits per heavy atom. The van der Waals surface area contributed by atoms with Gasteiger partial charge in [-0.15, -0.1) is 0 Å². The van der Waals surface area contributed by atoms with E-state index in [1.807, 2.05) is 24.3 Å². The highest BCUT2D eigenvalue weighted by Crippen LogP contribution is 2.30. The maximum Gasteiger partial charge on any atom is 0.321 e. The zero-order chi connectivity index (χ0) is 23.4. The van der Waals surface area contributed by atoms with Crippen molar-refractivity contribution >= 4 is 11.7 Å². The molecule has 0 bridgehead atoms. The first-order chi connectivity index (χ1) is 15.9. The van der Waals surface area contributed by atoms with Crippen molar-refractivity contribution in [3.63, 3.8) is 0 Å². The van der Waals surface area contributed by atoms with Crippen molar-refractivity contribution in [2.75, 3.05) is 31.5 Å². The van der Waals surface area contributed by atoms with Crippen molar-refractivity contribution in [2.24, 2.45) is 0 Å². The zero-order valence-electron chi connectivity index (χ0n) is 19.0. The van der Waals surface area contributed by atoms with Gasteiger partial charge in [0, 0.05) is 31.9 Å². The number of carbonyl (C=O) groups excluding carboxylic acids is 1. The molecule has 0 spiro atoms. The third-order valence-electron chi connectivity index (χ3n) is 6.17. The summed E-state index contributed by atoms with van der Waals surface area (Å²) in [7, 11) is 0. The van der Waals surface area contributed by atoms with E-state index in [1.54, 1.807) is 29.2 Å². The zero-order valence-corrected chi connectivity index (χ0v) is 19.0. The van der Waals surface area contributed by atoms with Crippen molar-refractivity contribution < 1.29 is 13.6 Å². The van der Waals surface area contributed by atoms with Gasteiger partial charge in [0.2, 0.25) is 0 Å². The number of benzene rings is 3.